The van der Waals surface area contributed by atoms with E-state index in [1.54, 1.807) is 47.9 Å². The molecule has 7 nitrogen and oxygen atoms in total. The zero-order valence-corrected chi connectivity index (χ0v) is 20.3. The number of aliphatic hydroxyl groups is 1. The van der Waals surface area contributed by atoms with E-state index < -0.39 is 5.41 Å². The maximum Gasteiger partial charge on any atom is 0.373 e. The van der Waals surface area contributed by atoms with Crippen LogP contribution in [-0.4, -0.2) is 33.0 Å². The number of carbonyl (C=O) groups is 1. The first-order chi connectivity index (χ1) is 17.2. The maximum atomic E-state index is 14.0. The Morgan fingerprint density at radius 3 is 2.39 bits per heavy atom. The van der Waals surface area contributed by atoms with E-state index in [0.29, 0.717) is 28.3 Å². The minimum atomic E-state index is -0.722. The van der Waals surface area contributed by atoms with Gasteiger partial charge in [-0.1, -0.05) is 55.0 Å². The van der Waals surface area contributed by atoms with Crippen LogP contribution in [0.5, 0.6) is 5.75 Å². The van der Waals surface area contributed by atoms with Crippen molar-refractivity contribution in [1.82, 2.24) is 9.38 Å². The largest absolute Gasteiger partial charge is 0.485 e. The number of carbonyl (C=O) groups excluding carboxylic acids is 3. The molecule has 0 saturated carbocycles. The monoisotopic (exact) mass is 490 g/mol. The lowest BCUT2D eigenvalue weighted by molar-refractivity contribution is -0.191. The summed E-state index contributed by atoms with van der Waals surface area (Å²) in [6.45, 7) is 5.56. The van der Waals surface area contributed by atoms with E-state index in [1.807, 2.05) is 38.1 Å². The average Bonchev–Trinajstić information content (AvgIpc) is 3.20. The number of fused-ring (bicyclic) bond motifs is 1. The molecule has 0 aliphatic rings. The van der Waals surface area contributed by atoms with Crippen LogP contribution in [0.4, 0.5) is 4.39 Å². The van der Waals surface area contributed by atoms with Crippen LogP contribution in [0.25, 0.3) is 5.65 Å². The summed E-state index contributed by atoms with van der Waals surface area (Å²) >= 11 is 0. The van der Waals surface area contributed by atoms with Crippen molar-refractivity contribution < 1.29 is 28.6 Å². The molecule has 0 aliphatic heterocycles. The van der Waals surface area contributed by atoms with Gasteiger partial charge in [0.15, 0.2) is 17.2 Å². The number of imidazole rings is 1. The number of ketones is 1. The van der Waals surface area contributed by atoms with Gasteiger partial charge in [0.1, 0.15) is 18.1 Å². The predicted octanol–water partition coefficient (Wildman–Crippen LogP) is 4.61. The second kappa shape index (κ2) is 11.5. The van der Waals surface area contributed by atoms with Crippen LogP contribution in [0.15, 0.2) is 66.9 Å². The fourth-order valence-corrected chi connectivity index (χ4v) is 4.02. The van der Waals surface area contributed by atoms with Gasteiger partial charge >= 0.3 is 6.15 Å². The number of nitrogens with zero attached hydrogens (tertiary/aromatic N) is 2. The van der Waals surface area contributed by atoms with E-state index in [-0.39, 0.29) is 37.4 Å². The first-order valence-corrected chi connectivity index (χ1v) is 11.3. The van der Waals surface area contributed by atoms with Crippen LogP contribution >= 0.6 is 0 Å². The van der Waals surface area contributed by atoms with E-state index >= 15 is 0 Å². The quantitative estimate of drug-likeness (QED) is 0.362. The molecule has 2 aromatic carbocycles. The highest BCUT2D eigenvalue weighted by Gasteiger charge is 2.31. The van der Waals surface area contributed by atoms with Gasteiger partial charge in [0.05, 0.1) is 12.3 Å². The van der Waals surface area contributed by atoms with Gasteiger partial charge in [-0.2, -0.15) is 9.59 Å². The van der Waals surface area contributed by atoms with Gasteiger partial charge in [0, 0.05) is 23.6 Å². The second-order valence-corrected chi connectivity index (χ2v) is 8.76. The number of aromatic nitrogens is 2. The Morgan fingerprint density at radius 2 is 1.75 bits per heavy atom. The first-order valence-electron chi connectivity index (χ1n) is 11.3. The number of aliphatic hydroxyl groups excluding tert-OH is 1. The number of ether oxygens (including phenoxy) is 1. The van der Waals surface area contributed by atoms with E-state index in [2.05, 4.69) is 4.98 Å². The maximum absolute atomic E-state index is 14.0. The molecule has 4 aromatic rings. The van der Waals surface area contributed by atoms with E-state index in [0.717, 1.165) is 11.1 Å². The van der Waals surface area contributed by atoms with E-state index in [4.69, 9.17) is 14.3 Å². The van der Waals surface area contributed by atoms with Gasteiger partial charge < -0.3 is 9.84 Å². The minimum Gasteiger partial charge on any atom is -0.485 e. The number of hydrogen-bond donors (Lipinski definition) is 1. The summed E-state index contributed by atoms with van der Waals surface area (Å²) in [5.41, 5.74) is 3.27. The lowest BCUT2D eigenvalue weighted by atomic mass is 9.78. The summed E-state index contributed by atoms with van der Waals surface area (Å²) in [6, 6.07) is 17.8. The van der Waals surface area contributed by atoms with Crippen molar-refractivity contribution in [2.75, 3.05) is 6.61 Å². The summed E-state index contributed by atoms with van der Waals surface area (Å²) in [5, 5.41) is 10.2. The summed E-state index contributed by atoms with van der Waals surface area (Å²) in [4.78, 5) is 34.2. The van der Waals surface area contributed by atoms with Crippen molar-refractivity contribution in [2.24, 2.45) is 0 Å². The third-order valence-electron chi connectivity index (χ3n) is 6.04. The van der Waals surface area contributed by atoms with Crippen LogP contribution < -0.4 is 4.74 Å². The van der Waals surface area contributed by atoms with Crippen molar-refractivity contribution in [2.45, 2.75) is 39.2 Å². The van der Waals surface area contributed by atoms with Gasteiger partial charge in [-0.05, 0) is 37.6 Å². The van der Waals surface area contributed by atoms with Gasteiger partial charge in [0.2, 0.25) is 0 Å². The van der Waals surface area contributed by atoms with Crippen molar-refractivity contribution in [3.63, 3.8) is 0 Å². The second-order valence-electron chi connectivity index (χ2n) is 8.76. The zero-order chi connectivity index (χ0) is 26.3. The fraction of sp³-hybridized carbons (Fsp3) is 0.250. The number of benzene rings is 2. The zero-order valence-electron chi connectivity index (χ0n) is 20.3. The third kappa shape index (κ3) is 5.74. The van der Waals surface area contributed by atoms with Crippen LogP contribution in [0.3, 0.4) is 0 Å². The molecule has 36 heavy (non-hydrogen) atoms. The standard InChI is InChI=1S/C27H27FN2O3.CO2/c1-18-10-12-21(13-11-18)27(3,17-31)15-23(32)25-19(2)29-26-24(9-6-14-30(25)26)33-16-20-7-4-5-8-22(20)28;2-1-3/h4-14,31H,15-17H2,1-3H3;. The van der Waals surface area contributed by atoms with Gasteiger partial charge in [-0.25, -0.2) is 9.37 Å². The lowest BCUT2D eigenvalue weighted by Crippen LogP contribution is -2.30. The Morgan fingerprint density at radius 1 is 1.08 bits per heavy atom. The molecule has 0 aliphatic carbocycles. The third-order valence-corrected chi connectivity index (χ3v) is 6.04. The highest BCUT2D eigenvalue weighted by molar-refractivity contribution is 5.97. The molecule has 0 radical (unpaired) electrons. The Kier molecular flexibility index (Phi) is 8.48. The first kappa shape index (κ1) is 26.5. The minimum absolute atomic E-state index is 0.0531. The lowest BCUT2D eigenvalue weighted by Gasteiger charge is -2.27. The Bertz CT molecular complexity index is 1390. The summed E-state index contributed by atoms with van der Waals surface area (Å²) in [6.07, 6.45) is 2.14. The van der Waals surface area contributed by atoms with E-state index in [1.165, 1.54) is 6.07 Å². The molecule has 4 rings (SSSR count). The molecule has 2 heterocycles. The molecule has 0 amide bonds. The Hall–Kier alpha value is -4.13. The van der Waals surface area contributed by atoms with Gasteiger partial charge in [0.25, 0.3) is 0 Å². The van der Waals surface area contributed by atoms with Crippen molar-refractivity contribution >= 4 is 17.6 Å². The van der Waals surface area contributed by atoms with Crippen LogP contribution in [0, 0.1) is 19.7 Å². The van der Waals surface area contributed by atoms with Crippen LogP contribution in [0.2, 0.25) is 0 Å². The molecule has 8 heteroatoms. The highest BCUT2D eigenvalue weighted by atomic mass is 19.1. The summed E-state index contributed by atoms with van der Waals surface area (Å²) in [7, 11) is 0. The van der Waals surface area contributed by atoms with E-state index in [9.17, 15) is 14.3 Å². The van der Waals surface area contributed by atoms with Gasteiger partial charge in [-0.3, -0.25) is 9.20 Å². The number of rotatable bonds is 8. The average molecular weight is 491 g/mol. The number of halogens is 1. The summed E-state index contributed by atoms with van der Waals surface area (Å²) in [5.74, 6) is 0.00831. The van der Waals surface area contributed by atoms with Gasteiger partial charge in [-0.15, -0.1) is 0 Å². The molecule has 0 bridgehead atoms. The molecule has 186 valence electrons. The molecule has 0 fully saturated rings. The molecule has 1 atom stereocenters. The predicted molar refractivity (Wildman–Crippen MR) is 130 cm³/mol. The number of aryl methyl sites for hydroxylation is 2. The number of Topliss-reactive ketones (excluding diaryl/α,β-unsaturated/α-hetero) is 1. The van der Waals surface area contributed by atoms with Crippen LogP contribution in [0.1, 0.15) is 46.2 Å². The molecule has 0 spiro atoms. The van der Waals surface area contributed by atoms with Crippen molar-refractivity contribution in [3.8, 4) is 5.75 Å². The molecular weight excluding hydrogens is 463 g/mol. The Balaban J connectivity index is 0.00000115. The van der Waals surface area contributed by atoms with Crippen molar-refractivity contribution in [3.05, 3.63) is 101 Å². The molecule has 1 unspecified atom stereocenters. The fourth-order valence-electron chi connectivity index (χ4n) is 4.02. The molecule has 2 aromatic heterocycles. The molecule has 1 N–H and O–H groups in total. The molecular formula is C28H27FN2O5. The Labute approximate surface area is 208 Å². The van der Waals surface area contributed by atoms with Crippen molar-refractivity contribution in [1.29, 1.82) is 0 Å². The molecule has 0 saturated heterocycles. The van der Waals surface area contributed by atoms with Crippen LogP contribution in [-0.2, 0) is 21.6 Å². The smallest absolute Gasteiger partial charge is 0.373 e. The topological polar surface area (TPSA) is 98.0 Å². The summed E-state index contributed by atoms with van der Waals surface area (Å²) < 4.78 is 21.5. The highest BCUT2D eigenvalue weighted by Crippen LogP contribution is 2.31. The normalized spacial score (nSPS) is 12.2. The SMILES string of the molecule is Cc1ccc(C(C)(CO)CC(=O)c2c(C)nc3c(OCc4ccccc4F)cccn23)cc1.O=C=O. The number of pyridine rings is 1. The number of hydrogen-bond acceptors (Lipinski definition) is 6.